The Labute approximate surface area is 213 Å². The van der Waals surface area contributed by atoms with Gasteiger partial charge in [-0.05, 0) is 53.8 Å². The molecule has 2 amide bonds. The lowest BCUT2D eigenvalue weighted by Crippen LogP contribution is -2.51. The summed E-state index contributed by atoms with van der Waals surface area (Å²) in [6.45, 7) is 0.908. The van der Waals surface area contributed by atoms with Crippen LogP contribution < -0.4 is 21.1 Å². The zero-order chi connectivity index (χ0) is 25.2. The van der Waals surface area contributed by atoms with Crippen LogP contribution in [0, 0.1) is 0 Å². The van der Waals surface area contributed by atoms with Gasteiger partial charge in [0.05, 0.1) is 0 Å². The van der Waals surface area contributed by atoms with Crippen LogP contribution in [0.5, 0.6) is 5.75 Å². The molecule has 6 heteroatoms. The highest BCUT2D eigenvalue weighted by molar-refractivity contribution is 5.97. The first-order chi connectivity index (χ1) is 17.6. The van der Waals surface area contributed by atoms with Crippen molar-refractivity contribution in [3.8, 4) is 5.75 Å². The lowest BCUT2D eigenvalue weighted by Gasteiger charge is -2.26. The van der Waals surface area contributed by atoms with Crippen molar-refractivity contribution in [1.29, 1.82) is 0 Å². The van der Waals surface area contributed by atoms with Crippen LogP contribution >= 0.6 is 0 Å². The minimum Gasteiger partial charge on any atom is -0.489 e. The molecule has 3 aromatic carbocycles. The molecule has 0 unspecified atom stereocenters. The van der Waals surface area contributed by atoms with Gasteiger partial charge < -0.3 is 21.1 Å². The number of rotatable bonds is 10. The van der Waals surface area contributed by atoms with Gasteiger partial charge in [0.15, 0.2) is 0 Å². The minimum absolute atomic E-state index is 0.141. The van der Waals surface area contributed by atoms with Crippen LogP contribution in [0.25, 0.3) is 0 Å². The molecule has 1 aliphatic rings. The van der Waals surface area contributed by atoms with E-state index in [0.717, 1.165) is 48.1 Å². The van der Waals surface area contributed by atoms with E-state index in [1.54, 1.807) is 12.1 Å². The third-order valence-electron chi connectivity index (χ3n) is 6.64. The Morgan fingerprint density at radius 3 is 2.17 bits per heavy atom. The predicted molar refractivity (Wildman–Crippen MR) is 142 cm³/mol. The highest BCUT2D eigenvalue weighted by Gasteiger charge is 2.25. The second-order valence-electron chi connectivity index (χ2n) is 9.39. The van der Waals surface area contributed by atoms with E-state index < -0.39 is 6.04 Å². The molecule has 0 heterocycles. The molecule has 3 aromatic rings. The number of ether oxygens (including phenoxy) is 1. The molecule has 0 saturated heterocycles. The van der Waals surface area contributed by atoms with E-state index in [4.69, 9.17) is 10.5 Å². The van der Waals surface area contributed by atoms with E-state index in [9.17, 15) is 9.59 Å². The smallest absolute Gasteiger partial charge is 0.251 e. The molecule has 4 N–H and O–H groups in total. The van der Waals surface area contributed by atoms with Crippen LogP contribution in [0.2, 0.25) is 0 Å². The summed E-state index contributed by atoms with van der Waals surface area (Å²) in [4.78, 5) is 26.2. The van der Waals surface area contributed by atoms with E-state index in [1.165, 1.54) is 6.42 Å². The normalized spacial score (nSPS) is 14.6. The lowest BCUT2D eigenvalue weighted by molar-refractivity contribution is -0.123. The molecule has 1 fully saturated rings. The van der Waals surface area contributed by atoms with Crippen molar-refractivity contribution < 1.29 is 14.3 Å². The highest BCUT2D eigenvalue weighted by Crippen LogP contribution is 2.19. The van der Waals surface area contributed by atoms with Gasteiger partial charge in [-0.15, -0.1) is 0 Å². The van der Waals surface area contributed by atoms with E-state index in [0.29, 0.717) is 25.1 Å². The van der Waals surface area contributed by atoms with E-state index >= 15 is 0 Å². The number of nitrogens with two attached hydrogens (primary N) is 1. The zero-order valence-electron chi connectivity index (χ0n) is 20.6. The van der Waals surface area contributed by atoms with Gasteiger partial charge in [-0.3, -0.25) is 9.59 Å². The maximum atomic E-state index is 13.2. The van der Waals surface area contributed by atoms with Crippen molar-refractivity contribution in [2.45, 2.75) is 63.8 Å². The number of carbonyl (C=O) groups is 2. The molecule has 0 radical (unpaired) electrons. The molecular formula is C30H35N3O3. The van der Waals surface area contributed by atoms with E-state index in [2.05, 4.69) is 10.6 Å². The van der Waals surface area contributed by atoms with Crippen molar-refractivity contribution >= 4 is 11.8 Å². The van der Waals surface area contributed by atoms with Crippen molar-refractivity contribution in [3.05, 3.63) is 101 Å². The molecule has 36 heavy (non-hydrogen) atoms. The molecule has 4 rings (SSSR count). The summed E-state index contributed by atoms with van der Waals surface area (Å²) in [7, 11) is 0. The second-order valence-corrected chi connectivity index (χ2v) is 9.39. The molecular weight excluding hydrogens is 450 g/mol. The van der Waals surface area contributed by atoms with Gasteiger partial charge in [0.2, 0.25) is 5.91 Å². The molecule has 0 spiro atoms. The van der Waals surface area contributed by atoms with Crippen molar-refractivity contribution in [1.82, 2.24) is 10.6 Å². The molecule has 1 aliphatic carbocycles. The molecule has 1 saturated carbocycles. The predicted octanol–water partition coefficient (Wildman–Crippen LogP) is 4.51. The summed E-state index contributed by atoms with van der Waals surface area (Å²) >= 11 is 0. The van der Waals surface area contributed by atoms with Crippen LogP contribution in [-0.2, 0) is 24.4 Å². The quantitative estimate of drug-likeness (QED) is 0.394. The number of hydrogen-bond donors (Lipinski definition) is 3. The number of hydrogen-bond acceptors (Lipinski definition) is 4. The van der Waals surface area contributed by atoms with Crippen molar-refractivity contribution in [2.75, 3.05) is 0 Å². The Morgan fingerprint density at radius 2 is 1.50 bits per heavy atom. The van der Waals surface area contributed by atoms with Crippen LogP contribution in [-0.4, -0.2) is 23.9 Å². The SMILES string of the molecule is NCc1ccc(C(=O)N[C@@H](Cc2ccc(OCc3ccccc3)cc2)C(=O)NC2CCCCC2)cc1. The van der Waals surface area contributed by atoms with E-state index in [-0.39, 0.29) is 17.9 Å². The second kappa shape index (κ2) is 12.9. The van der Waals surface area contributed by atoms with Gasteiger partial charge >= 0.3 is 0 Å². The van der Waals surface area contributed by atoms with Crippen LogP contribution in [0.15, 0.2) is 78.9 Å². The third-order valence-corrected chi connectivity index (χ3v) is 6.64. The first-order valence-corrected chi connectivity index (χ1v) is 12.8. The molecule has 1 atom stereocenters. The number of nitrogens with one attached hydrogen (secondary N) is 2. The lowest BCUT2D eigenvalue weighted by atomic mass is 9.95. The van der Waals surface area contributed by atoms with Crippen LogP contribution in [0.4, 0.5) is 0 Å². The van der Waals surface area contributed by atoms with Crippen LogP contribution in [0.1, 0.15) is 59.2 Å². The molecule has 0 bridgehead atoms. The fourth-order valence-electron chi connectivity index (χ4n) is 4.49. The summed E-state index contributed by atoms with van der Waals surface area (Å²) < 4.78 is 5.88. The van der Waals surface area contributed by atoms with Crippen LogP contribution in [0.3, 0.4) is 0 Å². The molecule has 0 aromatic heterocycles. The summed E-state index contributed by atoms with van der Waals surface area (Å²) in [5, 5.41) is 6.13. The maximum Gasteiger partial charge on any atom is 0.251 e. The average Bonchev–Trinajstić information content (AvgIpc) is 2.93. The zero-order valence-corrected chi connectivity index (χ0v) is 20.6. The monoisotopic (exact) mass is 485 g/mol. The molecule has 6 nitrogen and oxygen atoms in total. The summed E-state index contributed by atoms with van der Waals surface area (Å²) in [6, 6.07) is 24.4. The Kier molecular flexibility index (Phi) is 9.11. The Bertz CT molecular complexity index is 1110. The fraction of sp³-hybridized carbons (Fsp3) is 0.333. The van der Waals surface area contributed by atoms with Crippen molar-refractivity contribution in [3.63, 3.8) is 0 Å². The number of carbonyl (C=O) groups excluding carboxylic acids is 2. The van der Waals surface area contributed by atoms with E-state index in [1.807, 2.05) is 66.7 Å². The third kappa shape index (κ3) is 7.43. The number of benzene rings is 3. The maximum absolute atomic E-state index is 13.2. The summed E-state index contributed by atoms with van der Waals surface area (Å²) in [5.41, 5.74) is 9.18. The van der Waals surface area contributed by atoms with Crippen molar-refractivity contribution in [2.24, 2.45) is 5.73 Å². The van der Waals surface area contributed by atoms with Gasteiger partial charge in [-0.25, -0.2) is 0 Å². The average molecular weight is 486 g/mol. The van der Waals surface area contributed by atoms with Gasteiger partial charge in [0.1, 0.15) is 18.4 Å². The molecule has 188 valence electrons. The summed E-state index contributed by atoms with van der Waals surface area (Å²) in [6.07, 6.45) is 5.83. The Hall–Kier alpha value is -3.64. The Balaban J connectivity index is 1.42. The molecule has 0 aliphatic heterocycles. The van der Waals surface area contributed by atoms with Gasteiger partial charge in [0.25, 0.3) is 5.91 Å². The first-order valence-electron chi connectivity index (χ1n) is 12.8. The topological polar surface area (TPSA) is 93.5 Å². The number of amides is 2. The largest absolute Gasteiger partial charge is 0.489 e. The fourth-order valence-corrected chi connectivity index (χ4v) is 4.49. The Morgan fingerprint density at radius 1 is 0.833 bits per heavy atom. The van der Waals surface area contributed by atoms with Gasteiger partial charge in [0, 0.05) is 24.6 Å². The summed E-state index contributed by atoms with van der Waals surface area (Å²) in [5.74, 6) is 0.346. The van der Waals surface area contributed by atoms with Gasteiger partial charge in [-0.1, -0.05) is 73.9 Å². The minimum atomic E-state index is -0.676. The first kappa shape index (κ1) is 25.5. The standard InChI is InChI=1S/C30H35N3O3/c31-20-23-11-15-25(16-12-23)29(34)33-28(30(35)32-26-9-5-2-6-10-26)19-22-13-17-27(18-14-22)36-21-24-7-3-1-4-8-24/h1,3-4,7-8,11-18,26,28H,2,5-6,9-10,19-21,31H2,(H,32,35)(H,33,34)/t28-/m0/s1. The highest BCUT2D eigenvalue weighted by atomic mass is 16.5. The van der Waals surface area contributed by atoms with Gasteiger partial charge in [-0.2, -0.15) is 0 Å².